The van der Waals surface area contributed by atoms with Crippen molar-refractivity contribution in [1.29, 1.82) is 0 Å². The average molecular weight is 206 g/mol. The molecule has 1 aliphatic carbocycles. The Hall–Kier alpha value is -0.770. The molecule has 1 aliphatic rings. The summed E-state index contributed by atoms with van der Waals surface area (Å²) in [6.45, 7) is 0. The SMILES string of the molecule is O=C(O)[C@H]1CCCC(/C(Cl)=N/O)C1. The Kier molecular flexibility index (Phi) is 3.54. The van der Waals surface area contributed by atoms with Gasteiger partial charge < -0.3 is 10.3 Å². The lowest BCUT2D eigenvalue weighted by atomic mass is 9.82. The summed E-state index contributed by atoms with van der Waals surface area (Å²) in [5.74, 6) is -1.21. The van der Waals surface area contributed by atoms with Crippen molar-refractivity contribution < 1.29 is 15.1 Å². The number of halogens is 1. The molecule has 5 heteroatoms. The van der Waals surface area contributed by atoms with E-state index in [0.29, 0.717) is 12.8 Å². The summed E-state index contributed by atoms with van der Waals surface area (Å²) in [6, 6.07) is 0. The summed E-state index contributed by atoms with van der Waals surface area (Å²) in [7, 11) is 0. The first-order valence-corrected chi connectivity index (χ1v) is 4.63. The molecule has 1 saturated carbocycles. The highest BCUT2D eigenvalue weighted by atomic mass is 35.5. The van der Waals surface area contributed by atoms with E-state index >= 15 is 0 Å². The Bertz CT molecular complexity index is 229. The molecule has 2 atom stereocenters. The van der Waals surface area contributed by atoms with Gasteiger partial charge in [0.25, 0.3) is 0 Å². The van der Waals surface area contributed by atoms with Crippen molar-refractivity contribution in [2.45, 2.75) is 25.7 Å². The van der Waals surface area contributed by atoms with Crippen LogP contribution in [0.1, 0.15) is 25.7 Å². The topological polar surface area (TPSA) is 69.9 Å². The van der Waals surface area contributed by atoms with Crippen molar-refractivity contribution in [1.82, 2.24) is 0 Å². The molecule has 4 nitrogen and oxygen atoms in total. The summed E-state index contributed by atoms with van der Waals surface area (Å²) in [5.41, 5.74) is 0. The zero-order chi connectivity index (χ0) is 9.84. The minimum Gasteiger partial charge on any atom is -0.481 e. The zero-order valence-electron chi connectivity index (χ0n) is 7.11. The number of carboxylic acids is 1. The quantitative estimate of drug-likeness (QED) is 0.411. The molecule has 0 aromatic heterocycles. The van der Waals surface area contributed by atoms with Crippen LogP contribution >= 0.6 is 11.6 Å². The highest BCUT2D eigenvalue weighted by molar-refractivity contribution is 6.65. The highest BCUT2D eigenvalue weighted by Crippen LogP contribution is 2.30. The molecule has 1 rings (SSSR count). The Morgan fingerprint density at radius 3 is 2.54 bits per heavy atom. The number of aliphatic carboxylic acids is 1. The van der Waals surface area contributed by atoms with Crippen LogP contribution in [0.2, 0.25) is 0 Å². The van der Waals surface area contributed by atoms with Crippen molar-refractivity contribution in [3.63, 3.8) is 0 Å². The van der Waals surface area contributed by atoms with Gasteiger partial charge >= 0.3 is 5.97 Å². The third-order valence-corrected chi connectivity index (χ3v) is 2.84. The maximum absolute atomic E-state index is 10.7. The number of oxime groups is 1. The van der Waals surface area contributed by atoms with E-state index in [0.717, 1.165) is 12.8 Å². The van der Waals surface area contributed by atoms with Crippen LogP contribution in [-0.2, 0) is 4.79 Å². The zero-order valence-corrected chi connectivity index (χ0v) is 7.87. The van der Waals surface area contributed by atoms with E-state index in [1.54, 1.807) is 0 Å². The van der Waals surface area contributed by atoms with Crippen LogP contribution in [0, 0.1) is 11.8 Å². The number of hydrogen-bond donors (Lipinski definition) is 2. The first-order valence-electron chi connectivity index (χ1n) is 4.25. The van der Waals surface area contributed by atoms with E-state index in [2.05, 4.69) is 5.16 Å². The van der Waals surface area contributed by atoms with Crippen molar-refractivity contribution >= 4 is 22.7 Å². The van der Waals surface area contributed by atoms with Crippen LogP contribution in [0.25, 0.3) is 0 Å². The molecular formula is C8H12ClNO3. The third-order valence-electron chi connectivity index (χ3n) is 2.46. The van der Waals surface area contributed by atoms with Gasteiger partial charge in [-0.25, -0.2) is 0 Å². The molecule has 0 amide bonds. The minimum atomic E-state index is -0.785. The van der Waals surface area contributed by atoms with Crippen molar-refractivity contribution in [3.05, 3.63) is 0 Å². The second kappa shape index (κ2) is 4.46. The van der Waals surface area contributed by atoms with Crippen molar-refractivity contribution in [2.24, 2.45) is 17.0 Å². The molecule has 74 valence electrons. The van der Waals surface area contributed by atoms with E-state index in [-0.39, 0.29) is 17.0 Å². The van der Waals surface area contributed by atoms with Gasteiger partial charge in [-0.2, -0.15) is 0 Å². The van der Waals surface area contributed by atoms with Crippen LogP contribution in [0.4, 0.5) is 0 Å². The Morgan fingerprint density at radius 1 is 1.38 bits per heavy atom. The molecule has 0 aromatic carbocycles. The highest BCUT2D eigenvalue weighted by Gasteiger charge is 2.29. The number of carboxylic acid groups (broad SMARTS) is 1. The van der Waals surface area contributed by atoms with Gasteiger partial charge in [-0.3, -0.25) is 4.79 Å². The Balaban J connectivity index is 2.56. The molecule has 0 aromatic rings. The van der Waals surface area contributed by atoms with E-state index in [1.165, 1.54) is 0 Å². The molecule has 0 aliphatic heterocycles. The van der Waals surface area contributed by atoms with Gasteiger partial charge in [-0.1, -0.05) is 23.2 Å². The first kappa shape index (κ1) is 10.3. The summed E-state index contributed by atoms with van der Waals surface area (Å²) in [4.78, 5) is 10.7. The number of nitrogens with zero attached hydrogens (tertiary/aromatic N) is 1. The van der Waals surface area contributed by atoms with Gasteiger partial charge in [0.05, 0.1) is 5.92 Å². The molecule has 0 heterocycles. The van der Waals surface area contributed by atoms with Crippen LogP contribution in [0.3, 0.4) is 0 Å². The van der Waals surface area contributed by atoms with Gasteiger partial charge in [0.1, 0.15) is 5.17 Å². The molecule has 0 bridgehead atoms. The number of rotatable bonds is 2. The van der Waals surface area contributed by atoms with Crippen molar-refractivity contribution in [3.8, 4) is 0 Å². The van der Waals surface area contributed by atoms with Gasteiger partial charge in [0.2, 0.25) is 0 Å². The maximum atomic E-state index is 10.7. The largest absolute Gasteiger partial charge is 0.481 e. The fourth-order valence-electron chi connectivity index (χ4n) is 1.71. The second-order valence-corrected chi connectivity index (χ2v) is 3.71. The minimum absolute atomic E-state index is 0.0819. The van der Waals surface area contributed by atoms with Gasteiger partial charge in [0.15, 0.2) is 0 Å². The average Bonchev–Trinajstić information content (AvgIpc) is 2.17. The van der Waals surface area contributed by atoms with Gasteiger partial charge in [0, 0.05) is 5.92 Å². The monoisotopic (exact) mass is 205 g/mol. The molecule has 2 N–H and O–H groups in total. The fourth-order valence-corrected chi connectivity index (χ4v) is 1.91. The molecule has 13 heavy (non-hydrogen) atoms. The van der Waals surface area contributed by atoms with Crippen LogP contribution < -0.4 is 0 Å². The van der Waals surface area contributed by atoms with E-state index in [9.17, 15) is 4.79 Å². The van der Waals surface area contributed by atoms with E-state index in [4.69, 9.17) is 21.9 Å². The predicted octanol–water partition coefficient (Wildman–Crippen LogP) is 1.90. The van der Waals surface area contributed by atoms with Crippen LogP contribution in [-0.4, -0.2) is 21.5 Å². The lowest BCUT2D eigenvalue weighted by Gasteiger charge is -2.24. The maximum Gasteiger partial charge on any atom is 0.306 e. The Morgan fingerprint density at radius 2 is 2.00 bits per heavy atom. The molecule has 1 unspecified atom stereocenters. The Labute approximate surface area is 81.2 Å². The van der Waals surface area contributed by atoms with Crippen LogP contribution in [0.5, 0.6) is 0 Å². The van der Waals surface area contributed by atoms with E-state index < -0.39 is 5.97 Å². The van der Waals surface area contributed by atoms with Crippen LogP contribution in [0.15, 0.2) is 5.16 Å². The number of hydrogen-bond acceptors (Lipinski definition) is 3. The molecule has 0 radical (unpaired) electrons. The number of carbonyl (C=O) groups is 1. The molecule has 1 fully saturated rings. The standard InChI is InChI=1S/C8H12ClNO3/c9-7(10-13)5-2-1-3-6(4-5)8(11)12/h5-6,13H,1-4H2,(H,11,12)/b10-7-/t5?,6-/m0/s1. The fraction of sp³-hybridized carbons (Fsp3) is 0.750. The second-order valence-electron chi connectivity index (χ2n) is 3.32. The molecule has 0 spiro atoms. The van der Waals surface area contributed by atoms with Gasteiger partial charge in [-0.05, 0) is 19.3 Å². The lowest BCUT2D eigenvalue weighted by Crippen LogP contribution is -2.25. The van der Waals surface area contributed by atoms with E-state index in [1.807, 2.05) is 0 Å². The third kappa shape index (κ3) is 2.59. The lowest BCUT2D eigenvalue weighted by molar-refractivity contribution is -0.143. The molecular weight excluding hydrogens is 194 g/mol. The summed E-state index contributed by atoms with van der Waals surface area (Å²) in [5, 5.41) is 20.2. The summed E-state index contributed by atoms with van der Waals surface area (Å²) >= 11 is 5.62. The molecule has 0 saturated heterocycles. The first-order chi connectivity index (χ1) is 6.15. The normalized spacial score (nSPS) is 30.1. The summed E-state index contributed by atoms with van der Waals surface area (Å²) in [6.07, 6.45) is 2.82. The smallest absolute Gasteiger partial charge is 0.306 e. The predicted molar refractivity (Wildman–Crippen MR) is 48.2 cm³/mol. The summed E-state index contributed by atoms with van der Waals surface area (Å²) < 4.78 is 0. The van der Waals surface area contributed by atoms with Crippen molar-refractivity contribution in [2.75, 3.05) is 0 Å². The van der Waals surface area contributed by atoms with Gasteiger partial charge in [-0.15, -0.1) is 0 Å².